The van der Waals surface area contributed by atoms with Crippen molar-refractivity contribution < 1.29 is 14.1 Å². The van der Waals surface area contributed by atoms with Crippen LogP contribution in [-0.4, -0.2) is 32.3 Å². The number of rotatable bonds is 5. The minimum Gasteiger partial charge on any atom is -0.332 e. The molecule has 1 aromatic heterocycles. The van der Waals surface area contributed by atoms with E-state index >= 15 is 0 Å². The van der Waals surface area contributed by atoms with E-state index in [2.05, 4.69) is 4.98 Å². The van der Waals surface area contributed by atoms with E-state index in [9.17, 15) is 24.1 Å². The van der Waals surface area contributed by atoms with Gasteiger partial charge in [-0.05, 0) is 43.3 Å². The maximum Gasteiger partial charge on any atom is 0.270 e. The lowest BCUT2D eigenvalue weighted by molar-refractivity contribution is -0.384. The molecular weight excluding hydrogens is 498 g/mol. The number of non-ortho nitro benzene ring substituents is 1. The fourth-order valence-electron chi connectivity index (χ4n) is 3.63. The highest BCUT2D eigenvalue weighted by atomic mass is 35.5. The summed E-state index contributed by atoms with van der Waals surface area (Å²) in [5, 5.41) is 11.1. The standard InChI is InChI=1S/C24H17Cl2FN4O4/c1-13(29(2)23(32)16-9-7-15(31(34)35)12-18(16)25)22-28-21-6-4-3-5-17(21)24(33)30(22)14-8-10-20(27)19(26)11-14/h3-13H,1-2H3. The van der Waals surface area contributed by atoms with Crippen LogP contribution in [0.3, 0.4) is 0 Å². The second kappa shape index (κ2) is 9.44. The molecule has 0 aliphatic rings. The van der Waals surface area contributed by atoms with Gasteiger partial charge in [0.25, 0.3) is 17.2 Å². The molecule has 1 unspecified atom stereocenters. The number of para-hydroxylation sites is 1. The fourth-order valence-corrected chi connectivity index (χ4v) is 4.06. The average molecular weight is 515 g/mol. The van der Waals surface area contributed by atoms with Crippen molar-refractivity contribution in [2.45, 2.75) is 13.0 Å². The van der Waals surface area contributed by atoms with Gasteiger partial charge < -0.3 is 4.90 Å². The monoisotopic (exact) mass is 514 g/mol. The van der Waals surface area contributed by atoms with E-state index in [0.29, 0.717) is 10.9 Å². The van der Waals surface area contributed by atoms with Crippen molar-refractivity contribution in [3.05, 3.63) is 108 Å². The third-order valence-electron chi connectivity index (χ3n) is 5.63. The molecule has 3 aromatic carbocycles. The molecule has 0 bridgehead atoms. The van der Waals surface area contributed by atoms with E-state index in [1.54, 1.807) is 31.2 Å². The summed E-state index contributed by atoms with van der Waals surface area (Å²) < 4.78 is 15.1. The quantitative estimate of drug-likeness (QED) is 0.256. The highest BCUT2D eigenvalue weighted by molar-refractivity contribution is 6.34. The average Bonchev–Trinajstić information content (AvgIpc) is 2.84. The number of fused-ring (bicyclic) bond motifs is 1. The molecule has 1 amide bonds. The molecule has 178 valence electrons. The first-order chi connectivity index (χ1) is 16.6. The van der Waals surface area contributed by atoms with Crippen LogP contribution in [0, 0.1) is 15.9 Å². The van der Waals surface area contributed by atoms with Crippen LogP contribution in [0.5, 0.6) is 0 Å². The molecule has 0 N–H and O–H groups in total. The lowest BCUT2D eigenvalue weighted by Gasteiger charge is -2.27. The van der Waals surface area contributed by atoms with Crippen LogP contribution in [0.15, 0.2) is 65.5 Å². The minimum atomic E-state index is -0.769. The zero-order valence-electron chi connectivity index (χ0n) is 18.4. The molecule has 0 radical (unpaired) electrons. The van der Waals surface area contributed by atoms with E-state index in [1.807, 2.05) is 0 Å². The predicted octanol–water partition coefficient (Wildman–Crippen LogP) is 5.57. The Kier molecular flexibility index (Phi) is 6.56. The Morgan fingerprint density at radius 2 is 1.83 bits per heavy atom. The third kappa shape index (κ3) is 4.48. The normalized spacial score (nSPS) is 11.9. The maximum atomic E-state index is 13.8. The number of nitrogens with zero attached hydrogens (tertiary/aromatic N) is 4. The van der Waals surface area contributed by atoms with Gasteiger partial charge in [0, 0.05) is 19.2 Å². The topological polar surface area (TPSA) is 98.3 Å². The van der Waals surface area contributed by atoms with Gasteiger partial charge in [0.1, 0.15) is 11.6 Å². The molecule has 4 rings (SSSR count). The molecule has 0 fully saturated rings. The van der Waals surface area contributed by atoms with Crippen molar-refractivity contribution in [2.75, 3.05) is 7.05 Å². The van der Waals surface area contributed by atoms with Crippen LogP contribution in [0.1, 0.15) is 29.1 Å². The molecule has 0 aliphatic heterocycles. The lowest BCUT2D eigenvalue weighted by atomic mass is 10.1. The van der Waals surface area contributed by atoms with Crippen molar-refractivity contribution in [3.8, 4) is 5.69 Å². The van der Waals surface area contributed by atoms with Gasteiger partial charge in [0.05, 0.1) is 43.2 Å². The van der Waals surface area contributed by atoms with Crippen LogP contribution in [0.25, 0.3) is 16.6 Å². The first-order valence-corrected chi connectivity index (χ1v) is 11.0. The number of carbonyl (C=O) groups is 1. The van der Waals surface area contributed by atoms with Crippen LogP contribution in [0.2, 0.25) is 10.0 Å². The lowest BCUT2D eigenvalue weighted by Crippen LogP contribution is -2.35. The molecule has 0 spiro atoms. The Balaban J connectivity index is 1.85. The molecule has 8 nitrogen and oxygen atoms in total. The first kappa shape index (κ1) is 24.3. The van der Waals surface area contributed by atoms with Crippen molar-refractivity contribution in [1.29, 1.82) is 0 Å². The number of nitro groups is 1. The summed E-state index contributed by atoms with van der Waals surface area (Å²) in [6, 6.07) is 13.3. The van der Waals surface area contributed by atoms with Crippen molar-refractivity contribution in [2.24, 2.45) is 0 Å². The second-order valence-corrected chi connectivity index (χ2v) is 8.55. The summed E-state index contributed by atoms with van der Waals surface area (Å²) in [5.41, 5.74) is 0.0645. The van der Waals surface area contributed by atoms with Gasteiger partial charge in [-0.25, -0.2) is 9.37 Å². The van der Waals surface area contributed by atoms with Crippen LogP contribution < -0.4 is 5.56 Å². The van der Waals surface area contributed by atoms with Gasteiger partial charge in [-0.1, -0.05) is 35.3 Å². The molecule has 4 aromatic rings. The number of hydrogen-bond acceptors (Lipinski definition) is 5. The zero-order valence-corrected chi connectivity index (χ0v) is 19.9. The minimum absolute atomic E-state index is 0.0473. The zero-order chi connectivity index (χ0) is 25.4. The van der Waals surface area contributed by atoms with Crippen LogP contribution >= 0.6 is 23.2 Å². The second-order valence-electron chi connectivity index (χ2n) is 7.74. The Hall–Kier alpha value is -3.82. The van der Waals surface area contributed by atoms with Gasteiger partial charge in [-0.15, -0.1) is 0 Å². The Morgan fingerprint density at radius 1 is 1.11 bits per heavy atom. The molecule has 11 heteroatoms. The number of benzene rings is 3. The SMILES string of the molecule is CC(c1nc2ccccc2c(=O)n1-c1ccc(F)c(Cl)c1)N(C)C(=O)c1ccc([N+](=O)[O-])cc1Cl. The van der Waals surface area contributed by atoms with Crippen LogP contribution in [0.4, 0.5) is 10.1 Å². The maximum absolute atomic E-state index is 13.8. The Morgan fingerprint density at radius 3 is 2.49 bits per heavy atom. The third-order valence-corrected chi connectivity index (χ3v) is 6.23. The molecule has 0 aliphatic carbocycles. The summed E-state index contributed by atoms with van der Waals surface area (Å²) in [6.45, 7) is 1.66. The molecule has 1 heterocycles. The summed E-state index contributed by atoms with van der Waals surface area (Å²) in [5.74, 6) is -0.985. The van der Waals surface area contributed by atoms with Gasteiger partial charge in [-0.2, -0.15) is 0 Å². The number of amides is 1. The Labute approximate surface area is 208 Å². The molecule has 35 heavy (non-hydrogen) atoms. The fraction of sp³-hybridized carbons (Fsp3) is 0.125. The number of nitro benzene ring substituents is 1. The summed E-state index contributed by atoms with van der Waals surface area (Å²) in [7, 11) is 1.49. The number of halogens is 3. The molecule has 0 saturated carbocycles. The predicted molar refractivity (Wildman–Crippen MR) is 131 cm³/mol. The van der Waals surface area contributed by atoms with Gasteiger partial charge in [0.15, 0.2) is 0 Å². The summed E-state index contributed by atoms with van der Waals surface area (Å²) >= 11 is 12.1. The van der Waals surface area contributed by atoms with Crippen molar-refractivity contribution in [3.63, 3.8) is 0 Å². The van der Waals surface area contributed by atoms with Crippen molar-refractivity contribution >= 4 is 45.7 Å². The summed E-state index contributed by atoms with van der Waals surface area (Å²) in [6.07, 6.45) is 0. The largest absolute Gasteiger partial charge is 0.332 e. The van der Waals surface area contributed by atoms with E-state index in [4.69, 9.17) is 23.2 Å². The molecule has 1 atom stereocenters. The number of carbonyl (C=O) groups excluding carboxylic acids is 1. The van der Waals surface area contributed by atoms with Gasteiger partial charge in [-0.3, -0.25) is 24.3 Å². The number of aromatic nitrogens is 2. The van der Waals surface area contributed by atoms with Gasteiger partial charge in [0.2, 0.25) is 0 Å². The smallest absolute Gasteiger partial charge is 0.270 e. The highest BCUT2D eigenvalue weighted by Gasteiger charge is 2.27. The summed E-state index contributed by atoms with van der Waals surface area (Å²) in [4.78, 5) is 43.0. The van der Waals surface area contributed by atoms with E-state index in [1.165, 1.54) is 40.8 Å². The van der Waals surface area contributed by atoms with Gasteiger partial charge >= 0.3 is 0 Å². The Bertz CT molecular complexity index is 1560. The highest BCUT2D eigenvalue weighted by Crippen LogP contribution is 2.28. The van der Waals surface area contributed by atoms with E-state index in [-0.39, 0.29) is 32.8 Å². The van der Waals surface area contributed by atoms with Crippen LogP contribution in [-0.2, 0) is 0 Å². The first-order valence-electron chi connectivity index (χ1n) is 10.3. The van der Waals surface area contributed by atoms with Crippen molar-refractivity contribution in [1.82, 2.24) is 14.5 Å². The van der Waals surface area contributed by atoms with E-state index in [0.717, 1.165) is 12.1 Å². The molecular formula is C24H17Cl2FN4O4. The van der Waals surface area contributed by atoms with E-state index < -0.39 is 28.2 Å². The number of hydrogen-bond donors (Lipinski definition) is 0. The molecule has 0 saturated heterocycles.